The van der Waals surface area contributed by atoms with E-state index in [9.17, 15) is 0 Å². The van der Waals surface area contributed by atoms with Gasteiger partial charge in [0.25, 0.3) is 0 Å². The Morgan fingerprint density at radius 1 is 1.39 bits per heavy atom. The Bertz CT molecular complexity index is 397. The topological polar surface area (TPSA) is 29.9 Å². The molecule has 0 aliphatic heterocycles. The predicted octanol–water partition coefficient (Wildman–Crippen LogP) is 3.15. The lowest BCUT2D eigenvalue weighted by atomic mass is 9.95. The van der Waals surface area contributed by atoms with Gasteiger partial charge in [0.05, 0.1) is 16.4 Å². The van der Waals surface area contributed by atoms with Crippen molar-refractivity contribution in [2.45, 2.75) is 50.4 Å². The Balaban J connectivity index is 1.85. The highest BCUT2D eigenvalue weighted by Crippen LogP contribution is 2.27. The van der Waals surface area contributed by atoms with Crippen molar-refractivity contribution in [1.29, 1.82) is 0 Å². The van der Waals surface area contributed by atoms with Crippen molar-refractivity contribution in [1.82, 2.24) is 15.1 Å². The first-order valence-electron chi connectivity index (χ1n) is 6.56. The van der Waals surface area contributed by atoms with E-state index >= 15 is 0 Å². The molecule has 1 saturated carbocycles. The van der Waals surface area contributed by atoms with Crippen LogP contribution in [0.5, 0.6) is 0 Å². The Kier molecular flexibility index (Phi) is 4.98. The Morgan fingerprint density at radius 2 is 2.06 bits per heavy atom. The second kappa shape index (κ2) is 6.31. The van der Waals surface area contributed by atoms with Crippen molar-refractivity contribution in [3.05, 3.63) is 16.4 Å². The molecule has 0 unspecified atom stereocenters. The third-order valence-corrected chi connectivity index (χ3v) is 5.46. The molecule has 0 aromatic carbocycles. The van der Waals surface area contributed by atoms with Crippen molar-refractivity contribution in [2.75, 3.05) is 6.26 Å². The third kappa shape index (κ3) is 3.22. The first kappa shape index (κ1) is 14.2. The molecule has 1 aliphatic rings. The number of hydrogen-bond acceptors (Lipinski definition) is 3. The lowest BCUT2D eigenvalue weighted by molar-refractivity contribution is 0.375. The monoisotopic (exact) mass is 287 g/mol. The van der Waals surface area contributed by atoms with E-state index in [0.717, 1.165) is 28.2 Å². The molecule has 1 fully saturated rings. The summed E-state index contributed by atoms with van der Waals surface area (Å²) < 4.78 is 1.89. The van der Waals surface area contributed by atoms with Crippen LogP contribution < -0.4 is 5.32 Å². The smallest absolute Gasteiger partial charge is 0.0860 e. The largest absolute Gasteiger partial charge is 0.308 e. The number of aryl methyl sites for hydroxylation is 2. The molecule has 18 heavy (non-hydrogen) atoms. The quantitative estimate of drug-likeness (QED) is 0.923. The molecule has 1 aliphatic carbocycles. The normalized spacial score (nSPS) is 24.4. The summed E-state index contributed by atoms with van der Waals surface area (Å²) in [6.07, 6.45) is 7.44. The zero-order valence-corrected chi connectivity index (χ0v) is 12.9. The molecule has 1 N–H and O–H groups in total. The number of nitrogens with zero attached hydrogens (tertiary/aromatic N) is 2. The van der Waals surface area contributed by atoms with E-state index in [1.54, 1.807) is 0 Å². The summed E-state index contributed by atoms with van der Waals surface area (Å²) >= 11 is 8.26. The van der Waals surface area contributed by atoms with Gasteiger partial charge in [-0.25, -0.2) is 0 Å². The van der Waals surface area contributed by atoms with E-state index in [1.165, 1.54) is 25.7 Å². The Morgan fingerprint density at radius 3 is 2.56 bits per heavy atom. The SMILES string of the molecule is CSC1CCC(NCc2c(Cl)c(C)nn2C)CC1. The first-order chi connectivity index (χ1) is 8.61. The van der Waals surface area contributed by atoms with Crippen LogP contribution in [0, 0.1) is 6.92 Å². The molecule has 0 spiro atoms. The summed E-state index contributed by atoms with van der Waals surface area (Å²) in [5, 5.41) is 9.64. The lowest BCUT2D eigenvalue weighted by Crippen LogP contribution is -2.34. The van der Waals surface area contributed by atoms with Gasteiger partial charge in [-0.3, -0.25) is 4.68 Å². The molecule has 0 bridgehead atoms. The zero-order valence-electron chi connectivity index (χ0n) is 11.4. The molecule has 0 radical (unpaired) electrons. The number of halogens is 1. The molecule has 0 amide bonds. The summed E-state index contributed by atoms with van der Waals surface area (Å²) in [6, 6.07) is 0.639. The number of rotatable bonds is 4. The van der Waals surface area contributed by atoms with Gasteiger partial charge in [0.1, 0.15) is 0 Å². The Hall–Kier alpha value is -0.190. The number of nitrogens with one attached hydrogen (secondary N) is 1. The average molecular weight is 288 g/mol. The van der Waals surface area contributed by atoms with Crippen LogP contribution in [0.15, 0.2) is 0 Å². The van der Waals surface area contributed by atoms with Gasteiger partial charge in [-0.05, 0) is 38.9 Å². The van der Waals surface area contributed by atoms with E-state index in [2.05, 4.69) is 16.7 Å². The minimum Gasteiger partial charge on any atom is -0.308 e. The van der Waals surface area contributed by atoms with Gasteiger partial charge < -0.3 is 5.32 Å². The second-order valence-corrected chi connectivity index (χ2v) is 6.58. The minimum absolute atomic E-state index is 0.639. The van der Waals surface area contributed by atoms with E-state index in [0.29, 0.717) is 6.04 Å². The second-order valence-electron chi connectivity index (χ2n) is 5.06. The average Bonchev–Trinajstić information content (AvgIpc) is 2.62. The van der Waals surface area contributed by atoms with Crippen LogP contribution in [0.1, 0.15) is 37.1 Å². The fraction of sp³-hybridized carbons (Fsp3) is 0.769. The zero-order chi connectivity index (χ0) is 13.1. The summed E-state index contributed by atoms with van der Waals surface area (Å²) in [5.74, 6) is 0. The van der Waals surface area contributed by atoms with E-state index in [4.69, 9.17) is 11.6 Å². The summed E-state index contributed by atoms with van der Waals surface area (Å²) in [6.45, 7) is 2.78. The number of hydrogen-bond donors (Lipinski definition) is 1. The van der Waals surface area contributed by atoms with Crippen LogP contribution >= 0.6 is 23.4 Å². The predicted molar refractivity (Wildman–Crippen MR) is 79.4 cm³/mol. The highest BCUT2D eigenvalue weighted by Gasteiger charge is 2.20. The lowest BCUT2D eigenvalue weighted by Gasteiger charge is -2.28. The van der Waals surface area contributed by atoms with Crippen LogP contribution in [-0.4, -0.2) is 27.3 Å². The van der Waals surface area contributed by atoms with Gasteiger partial charge in [0.2, 0.25) is 0 Å². The van der Waals surface area contributed by atoms with E-state index in [-0.39, 0.29) is 0 Å². The number of thioether (sulfide) groups is 1. The molecule has 3 nitrogen and oxygen atoms in total. The fourth-order valence-electron chi connectivity index (χ4n) is 2.62. The van der Waals surface area contributed by atoms with Crippen molar-refractivity contribution in [3.8, 4) is 0 Å². The van der Waals surface area contributed by atoms with Crippen molar-refractivity contribution in [2.24, 2.45) is 7.05 Å². The van der Waals surface area contributed by atoms with Crippen LogP contribution in [0.3, 0.4) is 0 Å². The molecular formula is C13H22ClN3S. The van der Waals surface area contributed by atoms with Gasteiger partial charge >= 0.3 is 0 Å². The Labute approximate surface area is 119 Å². The van der Waals surface area contributed by atoms with Crippen LogP contribution in [0.2, 0.25) is 5.02 Å². The number of aromatic nitrogens is 2. The molecule has 5 heteroatoms. The van der Waals surface area contributed by atoms with Gasteiger partial charge in [-0.15, -0.1) is 0 Å². The van der Waals surface area contributed by atoms with E-state index in [1.807, 2.05) is 30.4 Å². The summed E-state index contributed by atoms with van der Waals surface area (Å²) in [4.78, 5) is 0. The van der Waals surface area contributed by atoms with Gasteiger partial charge in [-0.1, -0.05) is 11.6 Å². The molecule has 2 rings (SSSR count). The van der Waals surface area contributed by atoms with Crippen LogP contribution in [0.4, 0.5) is 0 Å². The van der Waals surface area contributed by atoms with E-state index < -0.39 is 0 Å². The van der Waals surface area contributed by atoms with Crippen molar-refractivity contribution < 1.29 is 0 Å². The molecule has 0 atom stereocenters. The summed E-state index contributed by atoms with van der Waals surface area (Å²) in [7, 11) is 1.96. The molecule has 1 heterocycles. The van der Waals surface area contributed by atoms with Crippen molar-refractivity contribution >= 4 is 23.4 Å². The maximum Gasteiger partial charge on any atom is 0.0860 e. The highest BCUT2D eigenvalue weighted by molar-refractivity contribution is 7.99. The van der Waals surface area contributed by atoms with Gasteiger partial charge in [0, 0.05) is 24.9 Å². The fourth-order valence-corrected chi connectivity index (χ4v) is 3.59. The van der Waals surface area contributed by atoms with Gasteiger partial charge in [0.15, 0.2) is 0 Å². The molecule has 1 aromatic rings. The molecule has 1 aromatic heterocycles. The van der Waals surface area contributed by atoms with Gasteiger partial charge in [-0.2, -0.15) is 16.9 Å². The molecule has 102 valence electrons. The molecular weight excluding hydrogens is 266 g/mol. The summed E-state index contributed by atoms with van der Waals surface area (Å²) in [5.41, 5.74) is 2.02. The first-order valence-corrected chi connectivity index (χ1v) is 8.22. The standard InChI is InChI=1S/C13H22ClN3S/c1-9-13(14)12(17(2)16-9)8-15-10-4-6-11(18-3)7-5-10/h10-11,15H,4-8H2,1-3H3. The maximum atomic E-state index is 6.25. The maximum absolute atomic E-state index is 6.25. The highest BCUT2D eigenvalue weighted by atomic mass is 35.5. The van der Waals surface area contributed by atoms with Crippen molar-refractivity contribution in [3.63, 3.8) is 0 Å². The van der Waals surface area contributed by atoms with Crippen LogP contribution in [-0.2, 0) is 13.6 Å². The molecule has 0 saturated heterocycles. The third-order valence-electron chi connectivity index (χ3n) is 3.83. The minimum atomic E-state index is 0.639. The van der Waals surface area contributed by atoms with Crippen LogP contribution in [0.25, 0.3) is 0 Å².